The molecule has 154 valence electrons. The first-order valence-electron chi connectivity index (χ1n) is 9.42. The van der Waals surface area contributed by atoms with E-state index in [1.54, 1.807) is 42.5 Å². The van der Waals surface area contributed by atoms with Crippen molar-refractivity contribution >= 4 is 29.0 Å². The van der Waals surface area contributed by atoms with Gasteiger partial charge in [0.2, 0.25) is 0 Å². The first-order valence-corrected chi connectivity index (χ1v) is 9.42. The fraction of sp³-hybridized carbons (Fsp3) is 0.0870. The molecule has 0 saturated carbocycles. The molecule has 1 saturated heterocycles. The van der Waals surface area contributed by atoms with Gasteiger partial charge in [0.05, 0.1) is 16.1 Å². The highest BCUT2D eigenvalue weighted by molar-refractivity contribution is 6.51. The Labute approximate surface area is 177 Å². The van der Waals surface area contributed by atoms with Gasteiger partial charge in [-0.05, 0) is 25.1 Å². The number of ketones is 1. The predicted molar refractivity (Wildman–Crippen MR) is 113 cm³/mol. The van der Waals surface area contributed by atoms with Crippen LogP contribution in [-0.4, -0.2) is 26.7 Å². The van der Waals surface area contributed by atoms with Gasteiger partial charge in [-0.25, -0.2) is 4.98 Å². The smallest absolute Gasteiger partial charge is 0.301 e. The third kappa shape index (κ3) is 3.44. The van der Waals surface area contributed by atoms with Crippen LogP contribution in [0.2, 0.25) is 0 Å². The summed E-state index contributed by atoms with van der Waals surface area (Å²) in [6.07, 6.45) is 1.45. The van der Waals surface area contributed by atoms with Crippen LogP contribution in [0.1, 0.15) is 22.7 Å². The van der Waals surface area contributed by atoms with Gasteiger partial charge in [-0.15, -0.1) is 0 Å². The second kappa shape index (κ2) is 7.83. The maximum atomic E-state index is 13.0. The van der Waals surface area contributed by atoms with Crippen LogP contribution in [0.4, 0.5) is 11.5 Å². The number of aliphatic hydroxyl groups is 1. The van der Waals surface area contributed by atoms with Crippen LogP contribution >= 0.6 is 0 Å². The van der Waals surface area contributed by atoms with Crippen LogP contribution in [0.15, 0.2) is 78.5 Å². The van der Waals surface area contributed by atoms with E-state index in [0.29, 0.717) is 5.56 Å². The molecule has 1 amide bonds. The van der Waals surface area contributed by atoms with E-state index in [0.717, 1.165) is 10.5 Å². The lowest BCUT2D eigenvalue weighted by atomic mass is 9.94. The Balaban J connectivity index is 2.01. The summed E-state index contributed by atoms with van der Waals surface area (Å²) in [7, 11) is 0. The molecule has 1 aromatic heterocycles. The van der Waals surface area contributed by atoms with E-state index in [2.05, 4.69) is 4.98 Å². The molecular formula is C23H17N3O5. The number of nitro benzene ring substituents is 1. The molecule has 1 N–H and O–H groups in total. The van der Waals surface area contributed by atoms with Crippen LogP contribution < -0.4 is 4.90 Å². The van der Waals surface area contributed by atoms with Gasteiger partial charge in [0, 0.05) is 17.8 Å². The monoisotopic (exact) mass is 415 g/mol. The summed E-state index contributed by atoms with van der Waals surface area (Å²) >= 11 is 0. The number of nitrogens with zero attached hydrogens (tertiary/aromatic N) is 3. The summed E-state index contributed by atoms with van der Waals surface area (Å²) in [6.45, 7) is 1.87. The fourth-order valence-corrected chi connectivity index (χ4v) is 3.61. The van der Waals surface area contributed by atoms with Gasteiger partial charge in [-0.2, -0.15) is 0 Å². The van der Waals surface area contributed by atoms with E-state index in [4.69, 9.17) is 0 Å². The standard InChI is InChI=1S/C23H17N3O5/c1-14-9-11-15(12-10-14)21(27)19-20(16-6-2-3-7-17(16)26(30)31)25(23(29)22(19)28)18-8-4-5-13-24-18/h2-13,20,27H,1H3/b21-19+/t20-/m1/s1. The van der Waals surface area contributed by atoms with Gasteiger partial charge in [-0.1, -0.05) is 48.0 Å². The predicted octanol–water partition coefficient (Wildman–Crippen LogP) is 3.92. The molecule has 0 unspecified atom stereocenters. The van der Waals surface area contributed by atoms with Gasteiger partial charge in [0.1, 0.15) is 17.6 Å². The normalized spacial score (nSPS) is 17.7. The van der Waals surface area contributed by atoms with Crippen LogP contribution in [0.5, 0.6) is 0 Å². The molecule has 2 aromatic carbocycles. The summed E-state index contributed by atoms with van der Waals surface area (Å²) < 4.78 is 0. The van der Waals surface area contributed by atoms with Gasteiger partial charge < -0.3 is 5.11 Å². The number of anilines is 1. The fourth-order valence-electron chi connectivity index (χ4n) is 3.61. The lowest BCUT2D eigenvalue weighted by Gasteiger charge is -2.24. The quantitative estimate of drug-likeness (QED) is 0.227. The molecule has 1 atom stereocenters. The number of hydrogen-bond acceptors (Lipinski definition) is 6. The molecule has 1 aliphatic heterocycles. The number of benzene rings is 2. The lowest BCUT2D eigenvalue weighted by molar-refractivity contribution is -0.385. The van der Waals surface area contributed by atoms with Crippen LogP contribution in [0, 0.1) is 17.0 Å². The number of nitro groups is 1. The van der Waals surface area contributed by atoms with Gasteiger partial charge in [0.25, 0.3) is 11.5 Å². The largest absolute Gasteiger partial charge is 0.507 e. The van der Waals surface area contributed by atoms with Crippen molar-refractivity contribution < 1.29 is 19.6 Å². The summed E-state index contributed by atoms with van der Waals surface area (Å²) in [6, 6.07) is 16.2. The Morgan fingerprint density at radius 1 is 1.03 bits per heavy atom. The number of rotatable bonds is 4. The number of carbonyl (C=O) groups is 2. The molecule has 0 radical (unpaired) electrons. The zero-order valence-corrected chi connectivity index (χ0v) is 16.4. The minimum atomic E-state index is -1.21. The first-order chi connectivity index (χ1) is 14.9. The molecule has 8 nitrogen and oxygen atoms in total. The third-order valence-corrected chi connectivity index (χ3v) is 5.09. The molecule has 0 spiro atoms. The topological polar surface area (TPSA) is 114 Å². The third-order valence-electron chi connectivity index (χ3n) is 5.09. The molecular weight excluding hydrogens is 398 g/mol. The summed E-state index contributed by atoms with van der Waals surface area (Å²) in [5.41, 5.74) is 0.874. The van der Waals surface area contributed by atoms with Crippen molar-refractivity contribution in [2.45, 2.75) is 13.0 Å². The van der Waals surface area contributed by atoms with Gasteiger partial charge in [0.15, 0.2) is 0 Å². The number of para-hydroxylation sites is 1. The Kier molecular flexibility index (Phi) is 5.04. The molecule has 0 bridgehead atoms. The minimum absolute atomic E-state index is 0.103. The minimum Gasteiger partial charge on any atom is -0.507 e. The molecule has 8 heteroatoms. The van der Waals surface area contributed by atoms with E-state index < -0.39 is 28.4 Å². The summed E-state index contributed by atoms with van der Waals surface area (Å²) in [5.74, 6) is -2.11. The molecule has 1 fully saturated rings. The van der Waals surface area contributed by atoms with Crippen molar-refractivity contribution in [3.63, 3.8) is 0 Å². The maximum absolute atomic E-state index is 13.0. The Hall–Kier alpha value is -4.33. The number of amides is 1. The van der Waals surface area contributed by atoms with Crippen molar-refractivity contribution in [2.75, 3.05) is 4.90 Å². The second-order valence-corrected chi connectivity index (χ2v) is 7.04. The van der Waals surface area contributed by atoms with Crippen molar-refractivity contribution in [1.82, 2.24) is 4.98 Å². The number of aliphatic hydroxyl groups excluding tert-OH is 1. The van der Waals surface area contributed by atoms with E-state index in [1.807, 2.05) is 6.92 Å². The molecule has 0 aliphatic carbocycles. The van der Waals surface area contributed by atoms with Crippen LogP contribution in [0.3, 0.4) is 0 Å². The number of Topliss-reactive ketones (excluding diaryl/α,β-unsaturated/α-hetero) is 1. The summed E-state index contributed by atoms with van der Waals surface area (Å²) in [5, 5.41) is 22.7. The molecule has 3 aromatic rings. The Morgan fingerprint density at radius 3 is 2.35 bits per heavy atom. The van der Waals surface area contributed by atoms with E-state index in [-0.39, 0.29) is 22.6 Å². The van der Waals surface area contributed by atoms with Gasteiger partial charge in [-0.3, -0.25) is 24.6 Å². The SMILES string of the molecule is Cc1ccc(/C(O)=C2\C(=O)C(=O)N(c3ccccn3)[C@@H]2c2ccccc2[N+](=O)[O-])cc1. The zero-order valence-electron chi connectivity index (χ0n) is 16.4. The highest BCUT2D eigenvalue weighted by atomic mass is 16.6. The van der Waals surface area contributed by atoms with Crippen molar-refractivity contribution in [3.05, 3.63) is 105 Å². The van der Waals surface area contributed by atoms with E-state index in [9.17, 15) is 24.8 Å². The summed E-state index contributed by atoms with van der Waals surface area (Å²) in [4.78, 5) is 42.4. The highest BCUT2D eigenvalue weighted by Gasteiger charge is 2.49. The first kappa shape index (κ1) is 20.0. The molecule has 4 rings (SSSR count). The van der Waals surface area contributed by atoms with Crippen molar-refractivity contribution in [2.24, 2.45) is 0 Å². The average molecular weight is 415 g/mol. The Bertz CT molecular complexity index is 1220. The van der Waals surface area contributed by atoms with Crippen molar-refractivity contribution in [3.8, 4) is 0 Å². The van der Waals surface area contributed by atoms with E-state index >= 15 is 0 Å². The average Bonchev–Trinajstić information content (AvgIpc) is 3.05. The number of carbonyl (C=O) groups excluding carboxylic acids is 2. The lowest BCUT2D eigenvalue weighted by Crippen LogP contribution is -2.30. The maximum Gasteiger partial charge on any atom is 0.301 e. The number of aryl methyl sites for hydroxylation is 1. The van der Waals surface area contributed by atoms with Crippen molar-refractivity contribution in [1.29, 1.82) is 0 Å². The Morgan fingerprint density at radius 2 is 1.71 bits per heavy atom. The van der Waals surface area contributed by atoms with Crippen LogP contribution in [0.25, 0.3) is 5.76 Å². The highest BCUT2D eigenvalue weighted by Crippen LogP contribution is 2.44. The molecule has 31 heavy (non-hydrogen) atoms. The molecule has 1 aliphatic rings. The number of pyridine rings is 1. The van der Waals surface area contributed by atoms with Crippen LogP contribution in [-0.2, 0) is 9.59 Å². The van der Waals surface area contributed by atoms with Gasteiger partial charge >= 0.3 is 5.91 Å². The zero-order chi connectivity index (χ0) is 22.1. The van der Waals surface area contributed by atoms with E-state index in [1.165, 1.54) is 30.5 Å². The molecule has 2 heterocycles. The second-order valence-electron chi connectivity index (χ2n) is 7.04. The number of aromatic nitrogens is 1. The number of hydrogen-bond donors (Lipinski definition) is 1.